The number of urea groups is 1. The number of ether oxygens (including phenoxy) is 2. The molecular formula is C28H24ClFN2O5. The summed E-state index contributed by atoms with van der Waals surface area (Å²) in [6.45, 7) is 5.99. The third-order valence-electron chi connectivity index (χ3n) is 5.79. The van der Waals surface area contributed by atoms with E-state index in [2.05, 4.69) is 5.32 Å². The number of barbiturate groups is 1. The lowest BCUT2D eigenvalue weighted by atomic mass is 10.0. The number of anilines is 1. The maximum Gasteiger partial charge on any atom is 0.335 e. The second-order valence-corrected chi connectivity index (χ2v) is 8.81. The van der Waals surface area contributed by atoms with Crippen molar-refractivity contribution >= 4 is 41.2 Å². The lowest BCUT2D eigenvalue weighted by Gasteiger charge is -2.27. The van der Waals surface area contributed by atoms with Gasteiger partial charge in [-0.25, -0.2) is 14.1 Å². The van der Waals surface area contributed by atoms with E-state index in [9.17, 15) is 18.8 Å². The van der Waals surface area contributed by atoms with Crippen molar-refractivity contribution in [2.75, 3.05) is 11.5 Å². The van der Waals surface area contributed by atoms with Gasteiger partial charge < -0.3 is 9.47 Å². The molecule has 1 aliphatic heterocycles. The Bertz CT molecular complexity index is 1420. The number of halogens is 2. The summed E-state index contributed by atoms with van der Waals surface area (Å²) < 4.78 is 24.7. The first-order chi connectivity index (χ1) is 17.7. The van der Waals surface area contributed by atoms with Gasteiger partial charge in [0.25, 0.3) is 11.8 Å². The van der Waals surface area contributed by atoms with Crippen LogP contribution in [-0.4, -0.2) is 24.5 Å². The number of nitrogens with one attached hydrogen (secondary N) is 1. The van der Waals surface area contributed by atoms with E-state index >= 15 is 0 Å². The minimum absolute atomic E-state index is 0.119. The maximum atomic E-state index is 13.3. The largest absolute Gasteiger partial charge is 0.490 e. The number of hydrogen-bond donors (Lipinski definition) is 1. The third-order valence-corrected chi connectivity index (χ3v) is 6.07. The molecular weight excluding hydrogens is 499 g/mol. The zero-order chi connectivity index (χ0) is 26.7. The molecule has 0 spiro atoms. The molecule has 9 heteroatoms. The lowest BCUT2D eigenvalue weighted by Crippen LogP contribution is -2.54. The Morgan fingerprint density at radius 3 is 2.38 bits per heavy atom. The summed E-state index contributed by atoms with van der Waals surface area (Å²) in [6, 6.07) is 13.3. The Hall–Kier alpha value is -4.17. The quantitative estimate of drug-likeness (QED) is 0.316. The normalized spacial score (nSPS) is 14.7. The van der Waals surface area contributed by atoms with Gasteiger partial charge in [-0.2, -0.15) is 0 Å². The van der Waals surface area contributed by atoms with Crippen LogP contribution in [0.2, 0.25) is 5.02 Å². The summed E-state index contributed by atoms with van der Waals surface area (Å²) in [5, 5.41) is 2.40. The Morgan fingerprint density at radius 2 is 1.70 bits per heavy atom. The topological polar surface area (TPSA) is 84.9 Å². The summed E-state index contributed by atoms with van der Waals surface area (Å²) >= 11 is 6.49. The van der Waals surface area contributed by atoms with Crippen LogP contribution in [0.4, 0.5) is 14.9 Å². The number of carbonyl (C=O) groups excluding carboxylic acids is 3. The second-order valence-electron chi connectivity index (χ2n) is 8.40. The van der Waals surface area contributed by atoms with Crippen molar-refractivity contribution in [1.82, 2.24) is 5.32 Å². The zero-order valence-corrected chi connectivity index (χ0v) is 21.2. The molecule has 1 aliphatic rings. The molecule has 3 aromatic carbocycles. The van der Waals surface area contributed by atoms with Crippen LogP contribution in [0.5, 0.6) is 11.5 Å². The number of imide groups is 2. The molecule has 1 heterocycles. The highest BCUT2D eigenvalue weighted by Gasteiger charge is 2.37. The van der Waals surface area contributed by atoms with E-state index in [-0.39, 0.29) is 28.8 Å². The van der Waals surface area contributed by atoms with Crippen molar-refractivity contribution in [2.24, 2.45) is 0 Å². The third kappa shape index (κ3) is 5.65. The lowest BCUT2D eigenvalue weighted by molar-refractivity contribution is -0.122. The number of hydrogen-bond acceptors (Lipinski definition) is 5. The molecule has 3 aromatic rings. The molecule has 0 aromatic heterocycles. The molecule has 37 heavy (non-hydrogen) atoms. The first-order valence-electron chi connectivity index (χ1n) is 11.5. The van der Waals surface area contributed by atoms with Crippen LogP contribution >= 0.6 is 11.6 Å². The molecule has 1 saturated heterocycles. The molecule has 4 rings (SSSR count). The Kier molecular flexibility index (Phi) is 7.59. The molecule has 1 fully saturated rings. The Morgan fingerprint density at radius 1 is 0.973 bits per heavy atom. The van der Waals surface area contributed by atoms with Gasteiger partial charge in [0.1, 0.15) is 18.0 Å². The van der Waals surface area contributed by atoms with Gasteiger partial charge in [0, 0.05) is 0 Å². The van der Waals surface area contributed by atoms with Crippen molar-refractivity contribution in [3.8, 4) is 11.5 Å². The van der Waals surface area contributed by atoms with Gasteiger partial charge in [-0.15, -0.1) is 0 Å². The SMILES string of the molecule is CCOc1cc(/C=C2\C(=O)NC(=O)N(c3ccc(C)c(C)c3)C2=O)cc(Cl)c1OCc1ccc(F)cc1. The molecule has 4 amide bonds. The van der Waals surface area contributed by atoms with E-state index in [4.69, 9.17) is 21.1 Å². The van der Waals surface area contributed by atoms with Crippen LogP contribution in [0, 0.1) is 19.7 Å². The first kappa shape index (κ1) is 25.9. The molecule has 0 radical (unpaired) electrons. The zero-order valence-electron chi connectivity index (χ0n) is 20.4. The number of amides is 4. The van der Waals surface area contributed by atoms with Gasteiger partial charge in [-0.1, -0.05) is 29.8 Å². The molecule has 0 bridgehead atoms. The fourth-order valence-electron chi connectivity index (χ4n) is 3.73. The molecule has 1 N–H and O–H groups in total. The van der Waals surface area contributed by atoms with E-state index in [1.54, 1.807) is 43.3 Å². The molecule has 0 saturated carbocycles. The van der Waals surface area contributed by atoms with Crippen molar-refractivity contribution < 1.29 is 28.2 Å². The van der Waals surface area contributed by atoms with Gasteiger partial charge in [0.05, 0.1) is 17.3 Å². The Labute approximate surface area is 218 Å². The summed E-state index contributed by atoms with van der Waals surface area (Å²) in [4.78, 5) is 39.3. The smallest absolute Gasteiger partial charge is 0.335 e. The monoisotopic (exact) mass is 522 g/mol. The minimum atomic E-state index is -0.826. The fourth-order valence-corrected chi connectivity index (χ4v) is 4.01. The number of carbonyl (C=O) groups is 3. The van der Waals surface area contributed by atoms with Crippen LogP contribution in [-0.2, 0) is 16.2 Å². The van der Waals surface area contributed by atoms with Crippen LogP contribution < -0.4 is 19.7 Å². The highest BCUT2D eigenvalue weighted by atomic mass is 35.5. The fraction of sp³-hybridized carbons (Fsp3) is 0.179. The van der Waals surface area contributed by atoms with Crippen LogP contribution in [0.3, 0.4) is 0 Å². The summed E-state index contributed by atoms with van der Waals surface area (Å²) in [6.07, 6.45) is 1.34. The molecule has 7 nitrogen and oxygen atoms in total. The first-order valence-corrected chi connectivity index (χ1v) is 11.9. The summed E-state index contributed by atoms with van der Waals surface area (Å²) in [7, 11) is 0. The van der Waals surface area contributed by atoms with Crippen molar-refractivity contribution in [3.63, 3.8) is 0 Å². The highest BCUT2D eigenvalue weighted by molar-refractivity contribution is 6.39. The minimum Gasteiger partial charge on any atom is -0.490 e. The van der Waals surface area contributed by atoms with Crippen LogP contribution in [0.25, 0.3) is 6.08 Å². The predicted molar refractivity (Wildman–Crippen MR) is 138 cm³/mol. The number of benzene rings is 3. The Balaban J connectivity index is 1.66. The number of aryl methyl sites for hydroxylation is 2. The van der Waals surface area contributed by atoms with Gasteiger partial charge in [0.15, 0.2) is 11.5 Å². The second kappa shape index (κ2) is 10.8. The van der Waals surface area contributed by atoms with Crippen molar-refractivity contribution in [3.05, 3.63) is 93.3 Å². The van der Waals surface area contributed by atoms with Crippen molar-refractivity contribution in [2.45, 2.75) is 27.4 Å². The molecule has 0 atom stereocenters. The average molecular weight is 523 g/mol. The molecule has 0 aliphatic carbocycles. The highest BCUT2D eigenvalue weighted by Crippen LogP contribution is 2.38. The van der Waals surface area contributed by atoms with Gasteiger partial charge in [-0.3, -0.25) is 14.9 Å². The average Bonchev–Trinajstić information content (AvgIpc) is 2.84. The molecule has 190 valence electrons. The number of rotatable bonds is 7. The van der Waals surface area contributed by atoms with E-state index < -0.39 is 17.8 Å². The van der Waals surface area contributed by atoms with E-state index in [1.165, 1.54) is 24.3 Å². The van der Waals surface area contributed by atoms with E-state index in [0.717, 1.165) is 21.6 Å². The summed E-state index contributed by atoms with van der Waals surface area (Å²) in [5.41, 5.74) is 3.13. The number of nitrogens with zero attached hydrogens (tertiary/aromatic N) is 1. The van der Waals surface area contributed by atoms with Crippen molar-refractivity contribution in [1.29, 1.82) is 0 Å². The maximum absolute atomic E-state index is 13.3. The van der Waals surface area contributed by atoms with Gasteiger partial charge in [0.2, 0.25) is 0 Å². The molecule has 0 unspecified atom stereocenters. The predicted octanol–water partition coefficient (Wildman–Crippen LogP) is 5.74. The van der Waals surface area contributed by atoms with Gasteiger partial charge in [-0.05, 0) is 85.5 Å². The van der Waals surface area contributed by atoms with Crippen LogP contribution in [0.15, 0.2) is 60.2 Å². The van der Waals surface area contributed by atoms with E-state index in [1.807, 2.05) is 13.8 Å². The summed E-state index contributed by atoms with van der Waals surface area (Å²) in [5.74, 6) is -1.37. The standard InChI is InChI=1S/C28H24ClFN2O5/c1-4-36-24-14-19(13-23(29)25(24)37-15-18-6-8-20(30)9-7-18)12-22-26(33)31-28(35)32(27(22)34)21-10-5-16(2)17(3)11-21/h5-14H,4,15H2,1-3H3,(H,31,33,35)/b22-12+. The van der Waals surface area contributed by atoms with E-state index in [0.29, 0.717) is 23.6 Å². The van der Waals surface area contributed by atoms with Gasteiger partial charge >= 0.3 is 6.03 Å². The van der Waals surface area contributed by atoms with Crippen LogP contribution in [0.1, 0.15) is 29.2 Å².